The van der Waals surface area contributed by atoms with E-state index in [0.717, 1.165) is 32.1 Å². The normalized spacial score (nSPS) is 63.0. The maximum Gasteiger partial charge on any atom is 0.168 e. The van der Waals surface area contributed by atoms with Crippen LogP contribution in [-0.2, 0) is 4.74 Å². The molecule has 2 heterocycles. The number of aliphatic hydroxyl groups excluding tert-OH is 2. The summed E-state index contributed by atoms with van der Waals surface area (Å²) in [4.78, 5) is 0. The first-order valence-corrected chi connectivity index (χ1v) is 9.25. The van der Waals surface area contributed by atoms with Gasteiger partial charge in [0, 0.05) is 29.1 Å². The van der Waals surface area contributed by atoms with E-state index < -0.39 is 5.79 Å². The summed E-state index contributed by atoms with van der Waals surface area (Å²) in [5.41, 5.74) is -0.0408. The first-order valence-electron chi connectivity index (χ1n) is 9.25. The van der Waals surface area contributed by atoms with Crippen LogP contribution in [0.1, 0.15) is 45.4 Å². The molecule has 4 nitrogen and oxygen atoms in total. The van der Waals surface area contributed by atoms with Crippen LogP contribution in [0.4, 0.5) is 0 Å². The monoisotopic (exact) mass is 320 g/mol. The Bertz CT molecular complexity index is 564. The number of hydrogen-bond acceptors (Lipinski definition) is 4. The van der Waals surface area contributed by atoms with Gasteiger partial charge in [-0.05, 0) is 43.4 Å². The minimum atomic E-state index is -1.03. The highest BCUT2D eigenvalue weighted by Crippen LogP contribution is 2.72. The molecule has 5 fully saturated rings. The fourth-order valence-electron chi connectivity index (χ4n) is 7.53. The van der Waals surface area contributed by atoms with Crippen molar-refractivity contribution in [3.8, 4) is 0 Å². The van der Waals surface area contributed by atoms with Gasteiger partial charge in [-0.15, -0.1) is 0 Å². The van der Waals surface area contributed by atoms with Crippen LogP contribution in [0.2, 0.25) is 0 Å². The Morgan fingerprint density at radius 3 is 2.74 bits per heavy atom. The molecule has 23 heavy (non-hydrogen) atoms. The fourth-order valence-corrected chi connectivity index (χ4v) is 7.53. The zero-order valence-electron chi connectivity index (χ0n) is 13.9. The summed E-state index contributed by atoms with van der Waals surface area (Å²) < 4.78 is 5.96. The number of allylic oxidation sites excluding steroid dienone is 1. The molecular weight excluding hydrogens is 292 g/mol. The third kappa shape index (κ3) is 1.57. The fraction of sp³-hybridized carbons (Fsp3) is 0.895. The molecule has 2 spiro atoms. The molecule has 2 aliphatic heterocycles. The van der Waals surface area contributed by atoms with Crippen LogP contribution in [0.5, 0.6) is 0 Å². The van der Waals surface area contributed by atoms with Crippen LogP contribution in [0, 0.1) is 34.0 Å². The molecule has 4 heteroatoms. The van der Waals surface area contributed by atoms with Gasteiger partial charge >= 0.3 is 0 Å². The van der Waals surface area contributed by atoms with Gasteiger partial charge in [0.15, 0.2) is 5.79 Å². The Morgan fingerprint density at radius 1 is 1.22 bits per heavy atom. The van der Waals surface area contributed by atoms with Crippen molar-refractivity contribution in [1.82, 2.24) is 0 Å². The Balaban J connectivity index is 1.60. The van der Waals surface area contributed by atoms with E-state index in [9.17, 15) is 15.3 Å². The summed E-state index contributed by atoms with van der Waals surface area (Å²) in [6, 6.07) is 0. The van der Waals surface area contributed by atoms with E-state index in [2.05, 4.69) is 19.1 Å². The zero-order chi connectivity index (χ0) is 16.1. The van der Waals surface area contributed by atoms with Crippen molar-refractivity contribution in [2.24, 2.45) is 34.0 Å². The molecule has 128 valence electrons. The third-order valence-corrected chi connectivity index (χ3v) is 8.54. The standard InChI is InChI=1S/C19H28O4/c1-12-15-13(21)8-17-5-4-16(9-17,10-20)3-2-14(17)18(15)6-7-19(12,22)23-11-18/h4-5,12-15,20-22H,2-3,6-11H2,1H3/t12-,13-,14-,15+,16+,17-,18-,19-/m0/s1. The second-order valence-electron chi connectivity index (χ2n) is 9.31. The minimum Gasteiger partial charge on any atom is -0.395 e. The molecule has 0 aromatic carbocycles. The average molecular weight is 320 g/mol. The lowest BCUT2D eigenvalue weighted by atomic mass is 9.40. The van der Waals surface area contributed by atoms with Crippen molar-refractivity contribution in [2.75, 3.05) is 13.2 Å². The maximum absolute atomic E-state index is 11.1. The molecule has 4 bridgehead atoms. The van der Waals surface area contributed by atoms with Gasteiger partial charge in [-0.25, -0.2) is 0 Å². The topological polar surface area (TPSA) is 69.9 Å². The molecule has 4 aliphatic carbocycles. The molecule has 6 rings (SSSR count). The number of hydrogen-bond donors (Lipinski definition) is 3. The predicted molar refractivity (Wildman–Crippen MR) is 84.3 cm³/mol. The van der Waals surface area contributed by atoms with Crippen LogP contribution in [0.15, 0.2) is 12.2 Å². The van der Waals surface area contributed by atoms with Crippen molar-refractivity contribution >= 4 is 0 Å². The molecule has 0 aromatic rings. The van der Waals surface area contributed by atoms with E-state index in [1.807, 2.05) is 0 Å². The molecule has 3 saturated carbocycles. The van der Waals surface area contributed by atoms with Crippen LogP contribution < -0.4 is 0 Å². The highest BCUT2D eigenvalue weighted by Gasteiger charge is 2.71. The smallest absolute Gasteiger partial charge is 0.168 e. The summed E-state index contributed by atoms with van der Waals surface area (Å²) in [7, 11) is 0. The SMILES string of the molecule is C[C@H]1[C@@H]2[C@@H](O)C[C@]34C=C[C@](CO)(CC[C@@H]3[C@@]23CC[C@]1(O)OC3)C4. The third-order valence-electron chi connectivity index (χ3n) is 8.54. The van der Waals surface area contributed by atoms with Gasteiger partial charge in [0.1, 0.15) is 0 Å². The van der Waals surface area contributed by atoms with E-state index >= 15 is 0 Å². The summed E-state index contributed by atoms with van der Waals surface area (Å²) in [5.74, 6) is -0.393. The first kappa shape index (κ1) is 14.9. The Labute approximate surface area is 137 Å². The van der Waals surface area contributed by atoms with Crippen LogP contribution >= 0.6 is 0 Å². The molecule has 0 aromatic heterocycles. The van der Waals surface area contributed by atoms with E-state index in [-0.39, 0.29) is 40.8 Å². The van der Waals surface area contributed by atoms with Crippen LogP contribution in [0.25, 0.3) is 0 Å². The Kier molecular flexibility index (Phi) is 2.73. The van der Waals surface area contributed by atoms with Crippen molar-refractivity contribution < 1.29 is 20.1 Å². The number of fused-ring (bicyclic) bond motifs is 3. The van der Waals surface area contributed by atoms with Gasteiger partial charge in [0.05, 0.1) is 19.3 Å². The van der Waals surface area contributed by atoms with Gasteiger partial charge in [-0.2, -0.15) is 0 Å². The van der Waals surface area contributed by atoms with Gasteiger partial charge in [0.25, 0.3) is 0 Å². The van der Waals surface area contributed by atoms with Gasteiger partial charge in [-0.1, -0.05) is 19.1 Å². The van der Waals surface area contributed by atoms with E-state index in [4.69, 9.17) is 4.74 Å². The lowest BCUT2D eigenvalue weighted by molar-refractivity contribution is -0.374. The van der Waals surface area contributed by atoms with Crippen molar-refractivity contribution in [2.45, 2.75) is 57.3 Å². The molecular formula is C19H28O4. The van der Waals surface area contributed by atoms with Crippen molar-refractivity contribution in [3.63, 3.8) is 0 Å². The Hall–Kier alpha value is -0.420. The van der Waals surface area contributed by atoms with Crippen molar-refractivity contribution in [3.05, 3.63) is 12.2 Å². The second kappa shape index (κ2) is 4.21. The minimum absolute atomic E-state index is 0.00212. The summed E-state index contributed by atoms with van der Waals surface area (Å²) >= 11 is 0. The highest BCUT2D eigenvalue weighted by molar-refractivity contribution is 5.28. The molecule has 2 saturated heterocycles. The van der Waals surface area contributed by atoms with Crippen LogP contribution in [0.3, 0.4) is 0 Å². The molecule has 0 radical (unpaired) electrons. The summed E-state index contributed by atoms with van der Waals surface area (Å²) in [6.45, 7) is 2.86. The molecule has 0 unspecified atom stereocenters. The van der Waals surface area contributed by atoms with E-state index in [1.165, 1.54) is 0 Å². The lowest BCUT2D eigenvalue weighted by Gasteiger charge is -2.69. The lowest BCUT2D eigenvalue weighted by Crippen LogP contribution is -2.71. The molecule has 6 aliphatic rings. The quantitative estimate of drug-likeness (QED) is 0.645. The zero-order valence-corrected chi connectivity index (χ0v) is 13.9. The summed E-state index contributed by atoms with van der Waals surface area (Å²) in [6.07, 6.45) is 9.74. The van der Waals surface area contributed by atoms with E-state index in [0.29, 0.717) is 18.9 Å². The number of ether oxygens (including phenoxy) is 1. The summed E-state index contributed by atoms with van der Waals surface area (Å²) in [5, 5.41) is 31.7. The van der Waals surface area contributed by atoms with Crippen molar-refractivity contribution in [1.29, 1.82) is 0 Å². The highest BCUT2D eigenvalue weighted by atomic mass is 16.6. The molecule has 0 amide bonds. The van der Waals surface area contributed by atoms with Crippen LogP contribution in [-0.4, -0.2) is 40.4 Å². The Morgan fingerprint density at radius 2 is 2.04 bits per heavy atom. The first-order chi connectivity index (χ1) is 10.9. The van der Waals surface area contributed by atoms with E-state index in [1.54, 1.807) is 0 Å². The molecule has 3 N–H and O–H groups in total. The second-order valence-corrected chi connectivity index (χ2v) is 9.31. The largest absolute Gasteiger partial charge is 0.395 e. The number of aliphatic hydroxyl groups is 3. The van der Waals surface area contributed by atoms with Gasteiger partial charge in [0.2, 0.25) is 0 Å². The number of rotatable bonds is 1. The maximum atomic E-state index is 11.1. The predicted octanol–water partition coefficient (Wildman–Crippen LogP) is 1.84. The molecule has 8 atom stereocenters. The van der Waals surface area contributed by atoms with Gasteiger partial charge < -0.3 is 20.1 Å². The average Bonchev–Trinajstić information content (AvgIpc) is 2.81. The van der Waals surface area contributed by atoms with Gasteiger partial charge in [-0.3, -0.25) is 0 Å².